The Morgan fingerprint density at radius 2 is 2.12 bits per heavy atom. The predicted octanol–water partition coefficient (Wildman–Crippen LogP) is 2.56. The molecule has 0 amide bonds. The van der Waals surface area contributed by atoms with E-state index in [4.69, 9.17) is 0 Å². The summed E-state index contributed by atoms with van der Waals surface area (Å²) in [5.74, 6) is 0.143. The minimum atomic E-state index is -4.40. The average Bonchev–Trinajstić information content (AvgIpc) is 2.72. The zero-order valence-corrected chi connectivity index (χ0v) is 9.22. The van der Waals surface area contributed by atoms with Gasteiger partial charge in [0.25, 0.3) is 0 Å². The number of halogens is 3. The van der Waals surface area contributed by atoms with Crippen molar-refractivity contribution in [2.24, 2.45) is 5.92 Å². The van der Waals surface area contributed by atoms with Crippen molar-refractivity contribution in [3.63, 3.8) is 0 Å². The van der Waals surface area contributed by atoms with Crippen molar-refractivity contribution in [2.45, 2.75) is 19.0 Å². The number of phenolic OH excluding ortho intramolecular Hbond substituents is 1. The smallest absolute Gasteiger partial charge is 0.416 e. The highest BCUT2D eigenvalue weighted by Gasteiger charge is 2.31. The van der Waals surface area contributed by atoms with E-state index in [1.54, 1.807) is 0 Å². The fraction of sp³-hybridized carbons (Fsp3) is 0.500. The van der Waals surface area contributed by atoms with Crippen LogP contribution in [0.2, 0.25) is 0 Å². The second kappa shape index (κ2) is 4.56. The largest absolute Gasteiger partial charge is 0.508 e. The minimum Gasteiger partial charge on any atom is -0.508 e. The molecule has 0 bridgehead atoms. The molecule has 94 valence electrons. The van der Waals surface area contributed by atoms with Crippen LogP contribution in [-0.4, -0.2) is 18.2 Å². The lowest BCUT2D eigenvalue weighted by molar-refractivity contribution is -0.137. The van der Waals surface area contributed by atoms with Gasteiger partial charge in [-0.25, -0.2) is 0 Å². The topological polar surface area (TPSA) is 32.3 Å². The second-order valence-electron chi connectivity index (χ2n) is 4.40. The molecule has 5 heteroatoms. The molecule has 1 atom stereocenters. The van der Waals surface area contributed by atoms with Crippen LogP contribution in [0.1, 0.15) is 17.5 Å². The van der Waals surface area contributed by atoms with Crippen molar-refractivity contribution in [1.82, 2.24) is 5.32 Å². The maximum Gasteiger partial charge on any atom is 0.416 e. The summed E-state index contributed by atoms with van der Waals surface area (Å²) in [6, 6.07) is 3.20. The maximum atomic E-state index is 12.4. The van der Waals surface area contributed by atoms with Gasteiger partial charge in [0.05, 0.1) is 5.56 Å². The van der Waals surface area contributed by atoms with E-state index in [0.717, 1.165) is 31.6 Å². The number of hydrogen-bond donors (Lipinski definition) is 2. The van der Waals surface area contributed by atoms with Crippen molar-refractivity contribution in [3.8, 4) is 5.75 Å². The molecule has 1 heterocycles. The molecule has 1 saturated heterocycles. The molecule has 2 N–H and O–H groups in total. The van der Waals surface area contributed by atoms with Crippen LogP contribution in [0.5, 0.6) is 5.75 Å². The summed E-state index contributed by atoms with van der Waals surface area (Å²) in [4.78, 5) is 0. The highest BCUT2D eigenvalue weighted by atomic mass is 19.4. The third-order valence-electron chi connectivity index (χ3n) is 3.08. The Morgan fingerprint density at radius 1 is 1.35 bits per heavy atom. The van der Waals surface area contributed by atoms with E-state index >= 15 is 0 Å². The number of nitrogens with one attached hydrogen (secondary N) is 1. The maximum absolute atomic E-state index is 12.4. The fourth-order valence-corrected chi connectivity index (χ4v) is 2.11. The van der Waals surface area contributed by atoms with Gasteiger partial charge in [0.15, 0.2) is 0 Å². The highest BCUT2D eigenvalue weighted by Crippen LogP contribution is 2.33. The molecule has 1 unspecified atom stereocenters. The Balaban J connectivity index is 2.14. The molecule has 17 heavy (non-hydrogen) atoms. The minimum absolute atomic E-state index is 0.258. The fourth-order valence-electron chi connectivity index (χ4n) is 2.11. The van der Waals surface area contributed by atoms with Crippen LogP contribution in [0.25, 0.3) is 0 Å². The molecular formula is C12H14F3NO. The van der Waals surface area contributed by atoms with Crippen LogP contribution >= 0.6 is 0 Å². The Bertz CT molecular complexity index is 397. The molecule has 0 radical (unpaired) electrons. The monoisotopic (exact) mass is 245 g/mol. The van der Waals surface area contributed by atoms with Crippen LogP contribution < -0.4 is 5.32 Å². The van der Waals surface area contributed by atoms with Crippen molar-refractivity contribution < 1.29 is 18.3 Å². The zero-order valence-electron chi connectivity index (χ0n) is 9.22. The SMILES string of the molecule is Oc1cc(C(F)(F)F)ccc1CC1CCNC1. The molecule has 1 aliphatic rings. The molecule has 1 aromatic rings. The van der Waals surface area contributed by atoms with Gasteiger partial charge < -0.3 is 10.4 Å². The van der Waals surface area contributed by atoms with Crippen LogP contribution in [0.15, 0.2) is 18.2 Å². The second-order valence-corrected chi connectivity index (χ2v) is 4.40. The number of phenols is 1. The first-order valence-corrected chi connectivity index (χ1v) is 5.56. The summed E-state index contributed by atoms with van der Waals surface area (Å²) < 4.78 is 37.1. The summed E-state index contributed by atoms with van der Waals surface area (Å²) >= 11 is 0. The van der Waals surface area contributed by atoms with E-state index in [-0.39, 0.29) is 5.75 Å². The third kappa shape index (κ3) is 2.91. The number of aromatic hydroxyl groups is 1. The van der Waals surface area contributed by atoms with E-state index in [1.165, 1.54) is 6.07 Å². The highest BCUT2D eigenvalue weighted by molar-refractivity contribution is 5.37. The van der Waals surface area contributed by atoms with E-state index in [0.29, 0.717) is 17.9 Å². The summed E-state index contributed by atoms with van der Waals surface area (Å²) in [7, 11) is 0. The number of rotatable bonds is 2. The van der Waals surface area contributed by atoms with Crippen molar-refractivity contribution in [3.05, 3.63) is 29.3 Å². The van der Waals surface area contributed by atoms with Crippen molar-refractivity contribution in [1.29, 1.82) is 0 Å². The number of hydrogen-bond acceptors (Lipinski definition) is 2. The van der Waals surface area contributed by atoms with E-state index in [9.17, 15) is 18.3 Å². The predicted molar refractivity (Wildman–Crippen MR) is 57.8 cm³/mol. The number of benzene rings is 1. The Hall–Kier alpha value is -1.23. The van der Waals surface area contributed by atoms with Crippen LogP contribution in [0.3, 0.4) is 0 Å². The molecule has 0 aliphatic carbocycles. The summed E-state index contributed by atoms with van der Waals surface area (Å²) in [5, 5.41) is 12.8. The van der Waals surface area contributed by atoms with Gasteiger partial charge in [0.1, 0.15) is 5.75 Å². The average molecular weight is 245 g/mol. The van der Waals surface area contributed by atoms with Gasteiger partial charge in [-0.3, -0.25) is 0 Å². The van der Waals surface area contributed by atoms with Gasteiger partial charge >= 0.3 is 6.18 Å². The van der Waals surface area contributed by atoms with Crippen molar-refractivity contribution >= 4 is 0 Å². The molecule has 1 aliphatic heterocycles. The van der Waals surface area contributed by atoms with Gasteiger partial charge in [0, 0.05) is 0 Å². The quantitative estimate of drug-likeness (QED) is 0.839. The number of alkyl halides is 3. The standard InChI is InChI=1S/C12H14F3NO/c13-12(14,15)10-2-1-9(11(17)6-10)5-8-3-4-16-7-8/h1-2,6,8,16-17H,3-5,7H2. The van der Waals surface area contributed by atoms with Gasteiger partial charge in [0.2, 0.25) is 0 Å². The molecule has 1 aromatic carbocycles. The van der Waals surface area contributed by atoms with E-state index in [1.807, 2.05) is 0 Å². The lowest BCUT2D eigenvalue weighted by atomic mass is 9.97. The van der Waals surface area contributed by atoms with Gasteiger partial charge in [-0.05, 0) is 49.5 Å². The Morgan fingerprint density at radius 3 is 2.65 bits per heavy atom. The lowest BCUT2D eigenvalue weighted by Gasteiger charge is -2.12. The molecule has 0 spiro atoms. The first kappa shape index (κ1) is 12.2. The van der Waals surface area contributed by atoms with E-state index < -0.39 is 11.7 Å². The van der Waals surface area contributed by atoms with Crippen LogP contribution in [-0.2, 0) is 12.6 Å². The molecule has 1 fully saturated rings. The third-order valence-corrected chi connectivity index (χ3v) is 3.08. The first-order chi connectivity index (χ1) is 7.97. The lowest BCUT2D eigenvalue weighted by Crippen LogP contribution is -2.11. The Labute approximate surface area is 97.5 Å². The normalized spacial score (nSPS) is 20.8. The van der Waals surface area contributed by atoms with Crippen molar-refractivity contribution in [2.75, 3.05) is 13.1 Å². The molecule has 0 aromatic heterocycles. The van der Waals surface area contributed by atoms with Gasteiger partial charge in [-0.15, -0.1) is 0 Å². The zero-order chi connectivity index (χ0) is 12.5. The first-order valence-electron chi connectivity index (χ1n) is 5.56. The molecule has 2 nitrogen and oxygen atoms in total. The molecule has 0 saturated carbocycles. The Kier molecular flexibility index (Phi) is 3.28. The van der Waals surface area contributed by atoms with Crippen LogP contribution in [0.4, 0.5) is 13.2 Å². The van der Waals surface area contributed by atoms with Crippen LogP contribution in [0, 0.1) is 5.92 Å². The summed E-state index contributed by atoms with van der Waals surface area (Å²) in [6.45, 7) is 1.80. The van der Waals surface area contributed by atoms with Gasteiger partial charge in [-0.1, -0.05) is 6.07 Å². The molecular weight excluding hydrogens is 231 g/mol. The van der Waals surface area contributed by atoms with Gasteiger partial charge in [-0.2, -0.15) is 13.2 Å². The summed E-state index contributed by atoms with van der Waals surface area (Å²) in [6.07, 6.45) is -2.78. The summed E-state index contributed by atoms with van der Waals surface area (Å²) in [5.41, 5.74) is -0.213. The van der Waals surface area contributed by atoms with E-state index in [2.05, 4.69) is 5.32 Å². The molecule has 2 rings (SSSR count).